The first-order chi connectivity index (χ1) is 11.0. The van der Waals surface area contributed by atoms with E-state index in [1.165, 1.54) is 18.3 Å². The molecule has 1 amide bonds. The fourth-order valence-electron chi connectivity index (χ4n) is 1.83. The lowest BCUT2D eigenvalue weighted by molar-refractivity contribution is -0.112. The minimum absolute atomic E-state index is 0.0552. The Bertz CT molecular complexity index is 792. The average Bonchev–Trinajstić information content (AvgIpc) is 2.52. The highest BCUT2D eigenvalue weighted by Gasteiger charge is 2.10. The molecule has 0 aliphatic heterocycles. The fraction of sp³-hybridized carbons (Fsp3) is 0.0588. The number of nitriles is 1. The Labute approximate surface area is 142 Å². The van der Waals surface area contributed by atoms with Crippen molar-refractivity contribution in [3.8, 4) is 11.8 Å². The average molecular weight is 372 g/mol. The van der Waals surface area contributed by atoms with Crippen molar-refractivity contribution >= 4 is 33.2 Å². The molecule has 5 nitrogen and oxygen atoms in total. The third-order valence-electron chi connectivity index (χ3n) is 3.05. The van der Waals surface area contributed by atoms with Crippen LogP contribution in [0.1, 0.15) is 5.56 Å². The Kier molecular flexibility index (Phi) is 5.39. The Morgan fingerprint density at radius 1 is 1.26 bits per heavy atom. The summed E-state index contributed by atoms with van der Waals surface area (Å²) in [6.07, 6.45) is 1.36. The van der Waals surface area contributed by atoms with Crippen LogP contribution in [0.25, 0.3) is 0 Å². The van der Waals surface area contributed by atoms with E-state index in [0.29, 0.717) is 11.3 Å². The van der Waals surface area contributed by atoms with E-state index in [1.807, 2.05) is 30.3 Å². The maximum atomic E-state index is 12.1. The molecule has 3 N–H and O–H groups in total. The number of aryl methyl sites for hydroxylation is 1. The van der Waals surface area contributed by atoms with Crippen molar-refractivity contribution in [2.24, 2.45) is 0 Å². The van der Waals surface area contributed by atoms with Crippen molar-refractivity contribution in [3.63, 3.8) is 0 Å². The summed E-state index contributed by atoms with van der Waals surface area (Å²) in [6, 6.07) is 13.8. The molecule has 6 heteroatoms. The van der Waals surface area contributed by atoms with Crippen LogP contribution < -0.4 is 10.6 Å². The molecular weight excluding hydrogens is 358 g/mol. The van der Waals surface area contributed by atoms with Crippen LogP contribution in [0.2, 0.25) is 0 Å². The summed E-state index contributed by atoms with van der Waals surface area (Å²) in [5.74, 6) is -0.403. The molecule has 116 valence electrons. The number of benzene rings is 2. The number of nitrogens with one attached hydrogen (secondary N) is 2. The Balaban J connectivity index is 2.10. The lowest BCUT2D eigenvalue weighted by Gasteiger charge is -2.08. The van der Waals surface area contributed by atoms with Gasteiger partial charge in [-0.3, -0.25) is 4.79 Å². The molecule has 0 saturated carbocycles. The number of carbonyl (C=O) groups is 1. The van der Waals surface area contributed by atoms with Crippen molar-refractivity contribution in [3.05, 3.63) is 64.3 Å². The molecule has 2 aromatic rings. The molecule has 0 radical (unpaired) electrons. The summed E-state index contributed by atoms with van der Waals surface area (Å²) in [4.78, 5) is 12.1. The van der Waals surface area contributed by atoms with Gasteiger partial charge in [-0.1, -0.05) is 15.9 Å². The molecule has 0 heterocycles. The zero-order valence-electron chi connectivity index (χ0n) is 12.3. The molecule has 0 saturated heterocycles. The van der Waals surface area contributed by atoms with Crippen LogP contribution in [0.15, 0.2) is 58.7 Å². The fourth-order valence-corrected chi connectivity index (χ4v) is 2.09. The van der Waals surface area contributed by atoms with Gasteiger partial charge in [0.1, 0.15) is 17.4 Å². The number of phenols is 1. The first-order valence-electron chi connectivity index (χ1n) is 6.73. The zero-order chi connectivity index (χ0) is 16.8. The SMILES string of the molecule is Cc1cc(O)ccc1NC(=O)/C(C#N)=C\Nc1ccc(Br)cc1. The number of aromatic hydroxyl groups is 1. The summed E-state index contributed by atoms with van der Waals surface area (Å²) in [6.45, 7) is 1.76. The summed E-state index contributed by atoms with van der Waals surface area (Å²) in [5, 5.41) is 24.1. The zero-order valence-corrected chi connectivity index (χ0v) is 13.9. The third kappa shape index (κ3) is 4.59. The molecule has 0 atom stereocenters. The smallest absolute Gasteiger partial charge is 0.267 e. The van der Waals surface area contributed by atoms with Crippen LogP contribution in [-0.2, 0) is 4.79 Å². The molecular formula is C17H14BrN3O2. The number of carbonyl (C=O) groups excluding carboxylic acids is 1. The van der Waals surface area contributed by atoms with Gasteiger partial charge in [-0.05, 0) is 55.0 Å². The van der Waals surface area contributed by atoms with E-state index >= 15 is 0 Å². The number of rotatable bonds is 4. The van der Waals surface area contributed by atoms with E-state index in [4.69, 9.17) is 5.26 Å². The van der Waals surface area contributed by atoms with Crippen LogP contribution in [0, 0.1) is 18.3 Å². The minimum Gasteiger partial charge on any atom is -0.508 e. The van der Waals surface area contributed by atoms with Crippen LogP contribution in [0.4, 0.5) is 11.4 Å². The van der Waals surface area contributed by atoms with E-state index in [1.54, 1.807) is 13.0 Å². The van der Waals surface area contributed by atoms with Crippen molar-refractivity contribution in [2.75, 3.05) is 10.6 Å². The van der Waals surface area contributed by atoms with E-state index < -0.39 is 5.91 Å². The molecule has 0 bridgehead atoms. The number of anilines is 2. The highest BCUT2D eigenvalue weighted by atomic mass is 79.9. The van der Waals surface area contributed by atoms with Gasteiger partial charge in [-0.25, -0.2) is 0 Å². The van der Waals surface area contributed by atoms with Crippen molar-refractivity contribution in [1.82, 2.24) is 0 Å². The number of hydrogen-bond acceptors (Lipinski definition) is 4. The van der Waals surface area contributed by atoms with Crippen molar-refractivity contribution < 1.29 is 9.90 Å². The topological polar surface area (TPSA) is 85.2 Å². The summed E-state index contributed by atoms with van der Waals surface area (Å²) in [5.41, 5.74) is 1.95. The van der Waals surface area contributed by atoms with Gasteiger partial charge in [-0.2, -0.15) is 5.26 Å². The molecule has 0 fully saturated rings. The Morgan fingerprint density at radius 2 is 1.96 bits per heavy atom. The van der Waals surface area contributed by atoms with Gasteiger partial charge >= 0.3 is 0 Å². The summed E-state index contributed by atoms with van der Waals surface area (Å²) < 4.78 is 0.938. The van der Waals surface area contributed by atoms with Gasteiger partial charge in [0.2, 0.25) is 0 Å². The molecule has 0 spiro atoms. The molecule has 0 aliphatic carbocycles. The molecule has 2 rings (SSSR count). The number of nitrogens with zero attached hydrogens (tertiary/aromatic N) is 1. The number of halogens is 1. The summed E-state index contributed by atoms with van der Waals surface area (Å²) in [7, 11) is 0. The minimum atomic E-state index is -0.522. The molecule has 23 heavy (non-hydrogen) atoms. The lowest BCUT2D eigenvalue weighted by Crippen LogP contribution is -2.15. The van der Waals surface area contributed by atoms with Gasteiger partial charge in [0.15, 0.2) is 0 Å². The lowest BCUT2D eigenvalue weighted by atomic mass is 10.2. The number of amides is 1. The first-order valence-corrected chi connectivity index (χ1v) is 7.52. The second kappa shape index (κ2) is 7.47. The van der Waals surface area contributed by atoms with Crippen LogP contribution in [0.3, 0.4) is 0 Å². The maximum Gasteiger partial charge on any atom is 0.267 e. The van der Waals surface area contributed by atoms with Gasteiger partial charge in [0, 0.05) is 22.0 Å². The standard InChI is InChI=1S/C17H14BrN3O2/c1-11-8-15(22)6-7-16(11)21-17(23)12(9-19)10-20-14-4-2-13(18)3-5-14/h2-8,10,20,22H,1H3,(H,21,23)/b12-10-. The largest absolute Gasteiger partial charge is 0.508 e. The number of phenolic OH excluding ortho intramolecular Hbond substituents is 1. The van der Waals surface area contributed by atoms with Gasteiger partial charge < -0.3 is 15.7 Å². The molecule has 0 unspecified atom stereocenters. The van der Waals surface area contributed by atoms with Gasteiger partial charge in [0.25, 0.3) is 5.91 Å². The van der Waals surface area contributed by atoms with E-state index in [2.05, 4.69) is 26.6 Å². The van der Waals surface area contributed by atoms with E-state index in [9.17, 15) is 9.90 Å². The van der Waals surface area contributed by atoms with Gasteiger partial charge in [0.05, 0.1) is 0 Å². The van der Waals surface area contributed by atoms with E-state index in [0.717, 1.165) is 10.2 Å². The van der Waals surface area contributed by atoms with Gasteiger partial charge in [-0.15, -0.1) is 0 Å². The molecule has 0 aliphatic rings. The quantitative estimate of drug-likeness (QED) is 0.431. The third-order valence-corrected chi connectivity index (χ3v) is 3.58. The maximum absolute atomic E-state index is 12.1. The van der Waals surface area contributed by atoms with Crippen LogP contribution >= 0.6 is 15.9 Å². The first kappa shape index (κ1) is 16.6. The highest BCUT2D eigenvalue weighted by Crippen LogP contribution is 2.20. The van der Waals surface area contributed by atoms with E-state index in [-0.39, 0.29) is 11.3 Å². The molecule has 2 aromatic carbocycles. The predicted octanol–water partition coefficient (Wildman–Crippen LogP) is 3.92. The molecule has 0 aromatic heterocycles. The second-order valence-electron chi connectivity index (χ2n) is 4.77. The van der Waals surface area contributed by atoms with Crippen molar-refractivity contribution in [2.45, 2.75) is 6.92 Å². The highest BCUT2D eigenvalue weighted by molar-refractivity contribution is 9.10. The van der Waals surface area contributed by atoms with Crippen LogP contribution in [-0.4, -0.2) is 11.0 Å². The number of hydrogen-bond donors (Lipinski definition) is 3. The Hall–Kier alpha value is -2.78. The predicted molar refractivity (Wildman–Crippen MR) is 92.9 cm³/mol. The second-order valence-corrected chi connectivity index (χ2v) is 5.69. The monoisotopic (exact) mass is 371 g/mol. The van der Waals surface area contributed by atoms with Crippen LogP contribution in [0.5, 0.6) is 5.75 Å². The normalized spacial score (nSPS) is 10.7. The summed E-state index contributed by atoms with van der Waals surface area (Å²) >= 11 is 3.33. The van der Waals surface area contributed by atoms with Crippen molar-refractivity contribution in [1.29, 1.82) is 5.26 Å². The Morgan fingerprint density at radius 3 is 2.57 bits per heavy atom.